The van der Waals surface area contributed by atoms with Crippen molar-refractivity contribution >= 4 is 40.9 Å². The molecule has 2 N–H and O–H groups in total. The molecule has 9 heteroatoms. The van der Waals surface area contributed by atoms with Crippen molar-refractivity contribution in [2.24, 2.45) is 0 Å². The van der Waals surface area contributed by atoms with E-state index in [4.69, 9.17) is 27.9 Å². The van der Waals surface area contributed by atoms with E-state index in [9.17, 15) is 14.4 Å². The molecule has 0 unspecified atom stereocenters. The predicted molar refractivity (Wildman–Crippen MR) is 88.7 cm³/mol. The highest BCUT2D eigenvalue weighted by atomic mass is 35.5. The number of hydrazine groups is 1. The van der Waals surface area contributed by atoms with Crippen LogP contribution in [0.5, 0.6) is 5.75 Å². The van der Waals surface area contributed by atoms with Gasteiger partial charge < -0.3 is 9.64 Å². The molecule has 1 aromatic rings. The number of rotatable bonds is 3. The number of carbonyl (C=O) groups is 3. The molecule has 0 spiro atoms. The van der Waals surface area contributed by atoms with E-state index >= 15 is 0 Å². The van der Waals surface area contributed by atoms with E-state index in [1.54, 1.807) is 6.07 Å². The van der Waals surface area contributed by atoms with Gasteiger partial charge in [-0.05, 0) is 38.0 Å². The van der Waals surface area contributed by atoms with Crippen molar-refractivity contribution in [2.75, 3.05) is 13.1 Å². The van der Waals surface area contributed by atoms with Crippen LogP contribution < -0.4 is 15.6 Å². The summed E-state index contributed by atoms with van der Waals surface area (Å²) < 4.78 is 5.41. The zero-order chi connectivity index (χ0) is 17.7. The smallest absolute Gasteiger partial charge is 0.327 e. The normalized spacial score (nSPS) is 14.9. The van der Waals surface area contributed by atoms with Crippen LogP contribution in [0.25, 0.3) is 0 Å². The van der Waals surface area contributed by atoms with E-state index in [1.807, 2.05) is 0 Å². The highest BCUT2D eigenvalue weighted by molar-refractivity contribution is 6.35. The largest absolute Gasteiger partial charge is 0.479 e. The Kier molecular flexibility index (Phi) is 6.28. The van der Waals surface area contributed by atoms with Gasteiger partial charge in [0.25, 0.3) is 5.91 Å². The van der Waals surface area contributed by atoms with Gasteiger partial charge >= 0.3 is 11.8 Å². The first kappa shape index (κ1) is 18.4. The molecule has 1 aromatic carbocycles. The van der Waals surface area contributed by atoms with Crippen LogP contribution in [0.15, 0.2) is 18.2 Å². The van der Waals surface area contributed by atoms with E-state index in [1.165, 1.54) is 24.0 Å². The summed E-state index contributed by atoms with van der Waals surface area (Å²) in [7, 11) is 0. The predicted octanol–water partition coefficient (Wildman–Crippen LogP) is 1.53. The number of nitrogens with zero attached hydrogens (tertiary/aromatic N) is 1. The number of likely N-dealkylation sites (tertiary alicyclic amines) is 1. The molecule has 1 aliphatic heterocycles. The average molecular weight is 374 g/mol. The van der Waals surface area contributed by atoms with Crippen molar-refractivity contribution in [2.45, 2.75) is 25.9 Å². The van der Waals surface area contributed by atoms with Gasteiger partial charge in [0.1, 0.15) is 5.75 Å². The second kappa shape index (κ2) is 8.21. The summed E-state index contributed by atoms with van der Waals surface area (Å²) in [6, 6.07) is 4.59. The first-order chi connectivity index (χ1) is 11.4. The molecule has 1 saturated heterocycles. The summed E-state index contributed by atoms with van der Waals surface area (Å²) in [5.41, 5.74) is 4.24. The third-order valence-electron chi connectivity index (χ3n) is 3.45. The lowest BCUT2D eigenvalue weighted by Gasteiger charge is -2.17. The lowest BCUT2D eigenvalue weighted by molar-refractivity contribution is -0.146. The van der Waals surface area contributed by atoms with Crippen molar-refractivity contribution in [3.63, 3.8) is 0 Å². The maximum absolute atomic E-state index is 11.9. The van der Waals surface area contributed by atoms with E-state index < -0.39 is 23.8 Å². The first-order valence-corrected chi connectivity index (χ1v) is 8.15. The molecule has 0 radical (unpaired) electrons. The maximum Gasteiger partial charge on any atom is 0.327 e. The summed E-state index contributed by atoms with van der Waals surface area (Å²) in [6.07, 6.45) is 0.807. The minimum atomic E-state index is -0.939. The first-order valence-electron chi connectivity index (χ1n) is 7.39. The van der Waals surface area contributed by atoms with Crippen LogP contribution in [0.4, 0.5) is 0 Å². The van der Waals surface area contributed by atoms with Gasteiger partial charge in [-0.1, -0.05) is 23.2 Å². The van der Waals surface area contributed by atoms with E-state index in [2.05, 4.69) is 10.9 Å². The zero-order valence-corrected chi connectivity index (χ0v) is 14.5. The van der Waals surface area contributed by atoms with Crippen molar-refractivity contribution < 1.29 is 19.1 Å². The molecule has 24 heavy (non-hydrogen) atoms. The fourth-order valence-corrected chi connectivity index (χ4v) is 2.61. The average Bonchev–Trinajstić information content (AvgIpc) is 3.08. The van der Waals surface area contributed by atoms with Gasteiger partial charge in [-0.15, -0.1) is 0 Å². The Labute approximate surface area is 149 Å². The minimum absolute atomic E-state index is 0.260. The van der Waals surface area contributed by atoms with Gasteiger partial charge in [0.15, 0.2) is 6.10 Å². The molecular formula is C15H17Cl2N3O4. The molecule has 1 fully saturated rings. The van der Waals surface area contributed by atoms with E-state index in [-0.39, 0.29) is 10.8 Å². The van der Waals surface area contributed by atoms with Crippen LogP contribution in [0, 0.1) is 0 Å². The fraction of sp³-hybridized carbons (Fsp3) is 0.400. The van der Waals surface area contributed by atoms with Crippen molar-refractivity contribution in [1.29, 1.82) is 0 Å². The number of hydrogen-bond acceptors (Lipinski definition) is 4. The van der Waals surface area contributed by atoms with Crippen LogP contribution in [0.3, 0.4) is 0 Å². The molecule has 0 saturated carbocycles. The van der Waals surface area contributed by atoms with Gasteiger partial charge in [0.05, 0.1) is 5.02 Å². The number of ether oxygens (including phenoxy) is 1. The highest BCUT2D eigenvalue weighted by Gasteiger charge is 2.25. The monoisotopic (exact) mass is 373 g/mol. The summed E-state index contributed by atoms with van der Waals surface area (Å²) in [5.74, 6) is -1.89. The topological polar surface area (TPSA) is 87.7 Å². The molecule has 0 aliphatic carbocycles. The van der Waals surface area contributed by atoms with Crippen LogP contribution in [-0.2, 0) is 14.4 Å². The number of carbonyl (C=O) groups excluding carboxylic acids is 3. The van der Waals surface area contributed by atoms with Crippen LogP contribution in [-0.4, -0.2) is 41.8 Å². The molecule has 0 aromatic heterocycles. The lowest BCUT2D eigenvalue weighted by Crippen LogP contribution is -2.52. The molecule has 1 aliphatic rings. The van der Waals surface area contributed by atoms with Crippen molar-refractivity contribution in [3.8, 4) is 5.75 Å². The van der Waals surface area contributed by atoms with E-state index in [0.29, 0.717) is 18.1 Å². The van der Waals surface area contributed by atoms with Gasteiger partial charge in [-0.3, -0.25) is 25.2 Å². The number of benzene rings is 1. The Balaban J connectivity index is 1.82. The van der Waals surface area contributed by atoms with E-state index in [0.717, 1.165) is 12.8 Å². The van der Waals surface area contributed by atoms with Crippen molar-refractivity contribution in [1.82, 2.24) is 15.8 Å². The van der Waals surface area contributed by atoms with Gasteiger partial charge in [0, 0.05) is 18.1 Å². The summed E-state index contributed by atoms with van der Waals surface area (Å²) in [5, 5.41) is 0.701. The Morgan fingerprint density at radius 1 is 1.17 bits per heavy atom. The third kappa shape index (κ3) is 4.75. The molecular weight excluding hydrogens is 357 g/mol. The SMILES string of the molecule is C[C@H](Oc1ccc(Cl)cc1Cl)C(=O)NNC(=O)C(=O)N1CCCC1. The Bertz CT molecular complexity index is 648. The summed E-state index contributed by atoms with van der Waals surface area (Å²) in [4.78, 5) is 36.9. The molecule has 3 amide bonds. The Morgan fingerprint density at radius 3 is 2.46 bits per heavy atom. The van der Waals surface area contributed by atoms with Crippen molar-refractivity contribution in [3.05, 3.63) is 28.2 Å². The highest BCUT2D eigenvalue weighted by Crippen LogP contribution is 2.28. The molecule has 2 rings (SSSR count). The second-order valence-corrected chi connectivity index (χ2v) is 6.12. The van der Waals surface area contributed by atoms with Gasteiger partial charge in [-0.2, -0.15) is 0 Å². The Morgan fingerprint density at radius 2 is 1.83 bits per heavy atom. The molecule has 0 bridgehead atoms. The van der Waals surface area contributed by atoms with Crippen LogP contribution in [0.2, 0.25) is 10.0 Å². The van der Waals surface area contributed by atoms with Crippen LogP contribution in [0.1, 0.15) is 19.8 Å². The van der Waals surface area contributed by atoms with Gasteiger partial charge in [-0.25, -0.2) is 0 Å². The number of amides is 3. The standard InChI is InChI=1S/C15H17Cl2N3O4/c1-9(24-12-5-4-10(16)8-11(12)17)13(21)18-19-14(22)15(23)20-6-2-3-7-20/h4-5,8-9H,2-3,6-7H2,1H3,(H,18,21)(H,19,22)/t9-/m0/s1. The quantitative estimate of drug-likeness (QED) is 0.621. The maximum atomic E-state index is 11.9. The lowest BCUT2D eigenvalue weighted by atomic mass is 10.3. The van der Waals surface area contributed by atoms with Gasteiger partial charge in [0.2, 0.25) is 0 Å². The number of nitrogens with one attached hydrogen (secondary N) is 2. The molecule has 1 atom stereocenters. The molecule has 130 valence electrons. The molecule has 7 nitrogen and oxygen atoms in total. The second-order valence-electron chi connectivity index (χ2n) is 5.28. The van der Waals surface area contributed by atoms with Crippen LogP contribution >= 0.6 is 23.2 Å². The Hall–Kier alpha value is -1.99. The number of halogens is 2. The third-order valence-corrected chi connectivity index (χ3v) is 3.98. The number of hydrogen-bond donors (Lipinski definition) is 2. The summed E-state index contributed by atoms with van der Waals surface area (Å²) in [6.45, 7) is 2.58. The zero-order valence-electron chi connectivity index (χ0n) is 13.0. The fourth-order valence-electron chi connectivity index (χ4n) is 2.15. The minimum Gasteiger partial charge on any atom is -0.479 e. The molecule has 1 heterocycles. The summed E-state index contributed by atoms with van der Waals surface area (Å²) >= 11 is 11.7.